The zero-order valence-corrected chi connectivity index (χ0v) is 6.02. The van der Waals surface area contributed by atoms with Gasteiger partial charge in [-0.3, -0.25) is 0 Å². The molecule has 1 aliphatic rings. The van der Waals surface area contributed by atoms with Crippen LogP contribution in [0.4, 0.5) is 0 Å². The van der Waals surface area contributed by atoms with Gasteiger partial charge < -0.3 is 0 Å². The van der Waals surface area contributed by atoms with Gasteiger partial charge in [0.2, 0.25) is 0 Å². The van der Waals surface area contributed by atoms with Crippen LogP contribution < -0.4 is 0 Å². The van der Waals surface area contributed by atoms with Crippen molar-refractivity contribution in [3.63, 3.8) is 0 Å². The van der Waals surface area contributed by atoms with Gasteiger partial charge in [0, 0.05) is 0 Å². The molecule has 0 saturated carbocycles. The Kier molecular flexibility index (Phi) is 1.13. The molecule has 49 valence electrons. The van der Waals surface area contributed by atoms with Crippen molar-refractivity contribution in [2.75, 3.05) is 0 Å². The Labute approximate surface area is 61.2 Å². The maximum Gasteiger partial charge on any atom is -0.00792 e. The van der Waals surface area contributed by atoms with Crippen LogP contribution in [-0.2, 0) is 6.42 Å². The van der Waals surface area contributed by atoms with Crippen LogP contribution in [0, 0.1) is 13.0 Å². The molecule has 0 saturated heterocycles. The molecular formula is C10H9. The molecule has 1 aromatic carbocycles. The van der Waals surface area contributed by atoms with E-state index in [1.165, 1.54) is 16.7 Å². The monoisotopic (exact) mass is 129 g/mol. The van der Waals surface area contributed by atoms with Gasteiger partial charge in [-0.2, -0.15) is 0 Å². The second kappa shape index (κ2) is 1.98. The van der Waals surface area contributed by atoms with Crippen LogP contribution in [0.3, 0.4) is 0 Å². The van der Waals surface area contributed by atoms with E-state index in [0.29, 0.717) is 0 Å². The molecule has 10 heavy (non-hydrogen) atoms. The molecule has 0 amide bonds. The van der Waals surface area contributed by atoms with E-state index >= 15 is 0 Å². The van der Waals surface area contributed by atoms with Crippen LogP contribution >= 0.6 is 0 Å². The van der Waals surface area contributed by atoms with Crippen LogP contribution in [-0.4, -0.2) is 0 Å². The molecule has 1 aliphatic carbocycles. The van der Waals surface area contributed by atoms with Crippen LogP contribution in [0.15, 0.2) is 24.3 Å². The number of rotatable bonds is 0. The first-order valence-electron chi connectivity index (χ1n) is 3.54. The lowest BCUT2D eigenvalue weighted by atomic mass is 10.0. The Morgan fingerprint density at radius 1 is 1.40 bits per heavy atom. The summed E-state index contributed by atoms with van der Waals surface area (Å²) in [6.07, 6.45) is 6.38. The summed E-state index contributed by atoms with van der Waals surface area (Å²) >= 11 is 0. The molecule has 1 radical (unpaired) electrons. The third kappa shape index (κ3) is 0.688. The average Bonchev–Trinajstić information content (AvgIpc) is 2.36. The summed E-state index contributed by atoms with van der Waals surface area (Å²) in [7, 11) is 0. The molecular weight excluding hydrogens is 120 g/mol. The summed E-state index contributed by atoms with van der Waals surface area (Å²) in [5.41, 5.74) is 4.11. The van der Waals surface area contributed by atoms with E-state index in [4.69, 9.17) is 0 Å². The van der Waals surface area contributed by atoms with Crippen molar-refractivity contribution in [1.82, 2.24) is 0 Å². The van der Waals surface area contributed by atoms with Gasteiger partial charge in [-0.1, -0.05) is 24.3 Å². The summed E-state index contributed by atoms with van der Waals surface area (Å²) in [6, 6.07) is 6.35. The molecule has 0 unspecified atom stereocenters. The first-order chi connectivity index (χ1) is 4.88. The topological polar surface area (TPSA) is 0 Å². The van der Waals surface area contributed by atoms with Crippen molar-refractivity contribution in [3.8, 4) is 0 Å². The number of fused-ring (bicyclic) bond motifs is 1. The summed E-state index contributed by atoms with van der Waals surface area (Å²) in [6.45, 7) is 2.15. The van der Waals surface area contributed by atoms with Gasteiger partial charge in [0.25, 0.3) is 0 Å². The number of benzene rings is 1. The summed E-state index contributed by atoms with van der Waals surface area (Å²) in [5.74, 6) is 0. The van der Waals surface area contributed by atoms with Crippen molar-refractivity contribution >= 4 is 0 Å². The first-order valence-corrected chi connectivity index (χ1v) is 3.54. The standard InChI is InChI=1S/C10H9/c1-8-4-2-5-9-6-3-7-10(8)9/h2-5H,7H2,1H3. The first kappa shape index (κ1) is 5.72. The second-order valence-electron chi connectivity index (χ2n) is 2.65. The highest BCUT2D eigenvalue weighted by atomic mass is 14.1. The van der Waals surface area contributed by atoms with Crippen molar-refractivity contribution in [1.29, 1.82) is 0 Å². The highest BCUT2D eigenvalue weighted by Crippen LogP contribution is 2.19. The fraction of sp³-hybridized carbons (Fsp3) is 0.200. The van der Waals surface area contributed by atoms with Crippen LogP contribution in [0.2, 0.25) is 0 Å². The van der Waals surface area contributed by atoms with Gasteiger partial charge in [0.1, 0.15) is 0 Å². The second-order valence-corrected chi connectivity index (χ2v) is 2.65. The van der Waals surface area contributed by atoms with Gasteiger partial charge in [-0.15, -0.1) is 0 Å². The van der Waals surface area contributed by atoms with E-state index in [9.17, 15) is 0 Å². The lowest BCUT2D eigenvalue weighted by Crippen LogP contribution is -1.85. The number of hydrogen-bond acceptors (Lipinski definition) is 0. The van der Waals surface area contributed by atoms with Crippen molar-refractivity contribution in [2.45, 2.75) is 13.3 Å². The Bertz CT molecular complexity index is 282. The molecule has 0 fully saturated rings. The van der Waals surface area contributed by atoms with Crippen molar-refractivity contribution < 1.29 is 0 Å². The summed E-state index contributed by atoms with van der Waals surface area (Å²) in [5, 5.41) is 0. The third-order valence-corrected chi connectivity index (χ3v) is 1.97. The maximum absolute atomic E-state index is 3.22. The highest BCUT2D eigenvalue weighted by molar-refractivity contribution is 5.43. The average molecular weight is 129 g/mol. The molecule has 0 nitrogen and oxygen atoms in total. The fourth-order valence-electron chi connectivity index (χ4n) is 1.37. The molecule has 0 aliphatic heterocycles. The molecule has 0 heteroatoms. The Balaban J connectivity index is 2.66. The molecule has 0 N–H and O–H groups in total. The smallest absolute Gasteiger partial charge is 0.00792 e. The predicted octanol–water partition coefficient (Wildman–Crippen LogP) is 2.26. The van der Waals surface area contributed by atoms with Gasteiger partial charge in [-0.05, 0) is 36.1 Å². The minimum absolute atomic E-state index is 1.07. The number of allylic oxidation sites excluding steroid dienone is 1. The van der Waals surface area contributed by atoms with Crippen molar-refractivity contribution in [3.05, 3.63) is 47.0 Å². The van der Waals surface area contributed by atoms with Gasteiger partial charge in [0.05, 0.1) is 0 Å². The van der Waals surface area contributed by atoms with E-state index in [1.807, 2.05) is 0 Å². The quantitative estimate of drug-likeness (QED) is 0.504. The number of aryl methyl sites for hydroxylation is 1. The summed E-state index contributed by atoms with van der Waals surface area (Å²) < 4.78 is 0. The molecule has 0 bridgehead atoms. The lowest BCUT2D eigenvalue weighted by Gasteiger charge is -2.00. The third-order valence-electron chi connectivity index (χ3n) is 1.97. The molecule has 2 rings (SSSR count). The van der Waals surface area contributed by atoms with Crippen LogP contribution in [0.25, 0.3) is 0 Å². The maximum atomic E-state index is 3.22. The molecule has 0 heterocycles. The predicted molar refractivity (Wildman–Crippen MR) is 41.8 cm³/mol. The molecule has 0 atom stereocenters. The Morgan fingerprint density at radius 2 is 2.30 bits per heavy atom. The minimum Gasteiger partial charge on any atom is -0.0716 e. The minimum atomic E-state index is 1.07. The molecule has 0 aromatic heterocycles. The summed E-state index contributed by atoms with van der Waals surface area (Å²) in [4.78, 5) is 0. The largest absolute Gasteiger partial charge is 0.0716 e. The Hall–Kier alpha value is -1.04. The highest BCUT2D eigenvalue weighted by Gasteiger charge is 2.05. The number of hydrogen-bond donors (Lipinski definition) is 0. The lowest BCUT2D eigenvalue weighted by molar-refractivity contribution is 1.24. The zero-order chi connectivity index (χ0) is 6.97. The van der Waals surface area contributed by atoms with E-state index < -0.39 is 0 Å². The normalized spacial score (nSPS) is 13.7. The Morgan fingerprint density at radius 3 is 3.10 bits per heavy atom. The van der Waals surface area contributed by atoms with Gasteiger partial charge >= 0.3 is 0 Å². The van der Waals surface area contributed by atoms with Crippen LogP contribution in [0.5, 0.6) is 0 Å². The SMILES string of the molecule is Cc1cccc2c1CC=[C]2. The van der Waals surface area contributed by atoms with E-state index in [2.05, 4.69) is 37.3 Å². The van der Waals surface area contributed by atoms with Crippen LogP contribution in [0.1, 0.15) is 16.7 Å². The van der Waals surface area contributed by atoms with E-state index in [0.717, 1.165) is 6.42 Å². The van der Waals surface area contributed by atoms with Gasteiger partial charge in [-0.25, -0.2) is 0 Å². The van der Waals surface area contributed by atoms with Crippen molar-refractivity contribution in [2.24, 2.45) is 0 Å². The molecule has 1 aromatic rings. The molecule has 0 spiro atoms. The van der Waals surface area contributed by atoms with E-state index in [-0.39, 0.29) is 0 Å². The van der Waals surface area contributed by atoms with Gasteiger partial charge in [0.15, 0.2) is 0 Å². The zero-order valence-electron chi connectivity index (χ0n) is 6.02. The fourth-order valence-corrected chi connectivity index (χ4v) is 1.37. The van der Waals surface area contributed by atoms with E-state index in [1.54, 1.807) is 0 Å².